The molecule has 4 aromatic rings. The van der Waals surface area contributed by atoms with Gasteiger partial charge in [0, 0.05) is 37.6 Å². The number of hydrogen-bond acceptors (Lipinski definition) is 4. The summed E-state index contributed by atoms with van der Waals surface area (Å²) in [5.41, 5.74) is 4.02. The number of rotatable bonds is 9. The molecule has 0 atom stereocenters. The third-order valence-corrected chi connectivity index (χ3v) is 5.36. The van der Waals surface area contributed by atoms with Crippen LogP contribution < -0.4 is 10.1 Å². The number of hydrogen-bond donors (Lipinski definition) is 1. The van der Waals surface area contributed by atoms with Crippen molar-refractivity contribution in [3.63, 3.8) is 0 Å². The maximum atomic E-state index is 12.4. The molecule has 1 aromatic carbocycles. The van der Waals surface area contributed by atoms with Gasteiger partial charge in [0.15, 0.2) is 11.5 Å². The van der Waals surface area contributed by atoms with Crippen LogP contribution in [0.2, 0.25) is 0 Å². The molecule has 7 heteroatoms. The first-order valence-corrected chi connectivity index (χ1v) is 11.0. The van der Waals surface area contributed by atoms with Crippen molar-refractivity contribution in [2.24, 2.45) is 0 Å². The minimum Gasteiger partial charge on any atom is -0.494 e. The summed E-state index contributed by atoms with van der Waals surface area (Å²) >= 11 is 0. The summed E-state index contributed by atoms with van der Waals surface area (Å²) in [6.07, 6.45) is 5.09. The lowest BCUT2D eigenvalue weighted by Gasteiger charge is -2.08. The van der Waals surface area contributed by atoms with E-state index in [0.717, 1.165) is 39.4 Å². The number of aromatic nitrogens is 4. The average molecular weight is 432 g/mol. The van der Waals surface area contributed by atoms with Crippen molar-refractivity contribution >= 4 is 16.9 Å². The Labute approximate surface area is 188 Å². The molecule has 1 amide bonds. The highest BCUT2D eigenvalue weighted by atomic mass is 16.5. The predicted octanol–water partition coefficient (Wildman–Crippen LogP) is 4.33. The van der Waals surface area contributed by atoms with E-state index in [4.69, 9.17) is 14.8 Å². The SMILES string of the molecule is CCOc1ccc(CNC(=O)CCCn2nc(-n3cccc3)c3c(C)cc(C)nc32)cc1. The molecule has 3 aromatic heterocycles. The van der Waals surface area contributed by atoms with Crippen LogP contribution in [-0.4, -0.2) is 31.8 Å². The highest BCUT2D eigenvalue weighted by molar-refractivity contribution is 5.87. The zero-order valence-corrected chi connectivity index (χ0v) is 18.8. The third-order valence-electron chi connectivity index (χ3n) is 5.36. The predicted molar refractivity (Wildman–Crippen MR) is 125 cm³/mol. The Kier molecular flexibility index (Phi) is 6.54. The maximum absolute atomic E-state index is 12.4. The Balaban J connectivity index is 1.38. The van der Waals surface area contributed by atoms with Crippen LogP contribution in [-0.2, 0) is 17.9 Å². The standard InChI is InChI=1S/C25H29N5O2/c1-4-32-21-11-9-20(10-12-21)17-26-22(31)8-7-15-30-24-23(18(2)16-19(3)27-24)25(28-30)29-13-5-6-14-29/h5-6,9-14,16H,4,7-8,15,17H2,1-3H3,(H,26,31). The largest absolute Gasteiger partial charge is 0.494 e. The van der Waals surface area contributed by atoms with Crippen molar-refractivity contribution in [1.82, 2.24) is 24.6 Å². The van der Waals surface area contributed by atoms with Crippen molar-refractivity contribution in [2.75, 3.05) is 6.61 Å². The van der Waals surface area contributed by atoms with Crippen LogP contribution >= 0.6 is 0 Å². The van der Waals surface area contributed by atoms with Gasteiger partial charge in [0.2, 0.25) is 5.91 Å². The zero-order chi connectivity index (χ0) is 22.5. The molecule has 0 aliphatic carbocycles. The lowest BCUT2D eigenvalue weighted by atomic mass is 10.1. The number of fused-ring (bicyclic) bond motifs is 1. The number of amides is 1. The van der Waals surface area contributed by atoms with Gasteiger partial charge in [-0.05, 0) is 68.7 Å². The van der Waals surface area contributed by atoms with Gasteiger partial charge in [-0.2, -0.15) is 5.10 Å². The number of carbonyl (C=O) groups is 1. The first kappa shape index (κ1) is 21.6. The van der Waals surface area contributed by atoms with Crippen molar-refractivity contribution < 1.29 is 9.53 Å². The first-order chi connectivity index (χ1) is 15.5. The fourth-order valence-corrected chi connectivity index (χ4v) is 3.85. The fourth-order valence-electron chi connectivity index (χ4n) is 3.85. The van der Waals surface area contributed by atoms with Gasteiger partial charge in [0.05, 0.1) is 12.0 Å². The molecule has 0 unspecified atom stereocenters. The molecule has 166 valence electrons. The maximum Gasteiger partial charge on any atom is 0.220 e. The summed E-state index contributed by atoms with van der Waals surface area (Å²) in [6, 6.07) is 13.8. The van der Waals surface area contributed by atoms with E-state index in [1.54, 1.807) is 0 Å². The Morgan fingerprint density at radius 2 is 1.88 bits per heavy atom. The lowest BCUT2D eigenvalue weighted by molar-refractivity contribution is -0.121. The van der Waals surface area contributed by atoms with E-state index in [2.05, 4.69) is 18.3 Å². The minimum absolute atomic E-state index is 0.0290. The molecule has 0 radical (unpaired) electrons. The van der Waals surface area contributed by atoms with Gasteiger partial charge in [-0.15, -0.1) is 0 Å². The van der Waals surface area contributed by atoms with Crippen LogP contribution in [0.1, 0.15) is 36.6 Å². The van der Waals surface area contributed by atoms with Gasteiger partial charge < -0.3 is 14.6 Å². The molecular weight excluding hydrogens is 402 g/mol. The summed E-state index contributed by atoms with van der Waals surface area (Å²) < 4.78 is 9.38. The molecule has 4 rings (SSSR count). The van der Waals surface area contributed by atoms with Gasteiger partial charge >= 0.3 is 0 Å². The Hall–Kier alpha value is -3.61. The molecule has 0 aliphatic rings. The number of pyridine rings is 1. The number of carbonyl (C=O) groups excluding carboxylic acids is 1. The second kappa shape index (κ2) is 9.68. The smallest absolute Gasteiger partial charge is 0.220 e. The van der Waals surface area contributed by atoms with E-state index in [1.807, 2.05) is 71.9 Å². The van der Waals surface area contributed by atoms with Gasteiger partial charge in [0.25, 0.3) is 0 Å². The lowest BCUT2D eigenvalue weighted by Crippen LogP contribution is -2.22. The Morgan fingerprint density at radius 1 is 1.12 bits per heavy atom. The van der Waals surface area contributed by atoms with Crippen LogP contribution in [0.25, 0.3) is 16.9 Å². The summed E-state index contributed by atoms with van der Waals surface area (Å²) in [4.78, 5) is 17.1. The van der Waals surface area contributed by atoms with Crippen molar-refractivity contribution in [3.8, 4) is 11.6 Å². The fraction of sp³-hybridized carbons (Fsp3) is 0.320. The van der Waals surface area contributed by atoms with Crippen LogP contribution in [0.15, 0.2) is 54.9 Å². The minimum atomic E-state index is 0.0290. The topological polar surface area (TPSA) is 74.0 Å². The van der Waals surface area contributed by atoms with E-state index in [0.29, 0.717) is 32.5 Å². The average Bonchev–Trinajstić information content (AvgIpc) is 3.42. The molecule has 0 bridgehead atoms. The molecule has 0 saturated carbocycles. The summed E-state index contributed by atoms with van der Waals surface area (Å²) in [7, 11) is 0. The van der Waals surface area contributed by atoms with Crippen LogP contribution in [0, 0.1) is 13.8 Å². The van der Waals surface area contributed by atoms with Gasteiger partial charge in [-0.25, -0.2) is 9.67 Å². The second-order valence-electron chi connectivity index (χ2n) is 7.87. The van der Waals surface area contributed by atoms with Gasteiger partial charge in [0.1, 0.15) is 5.75 Å². The summed E-state index contributed by atoms with van der Waals surface area (Å²) in [5, 5.41) is 8.86. The molecule has 1 N–H and O–H groups in total. The van der Waals surface area contributed by atoms with Gasteiger partial charge in [-0.1, -0.05) is 12.1 Å². The van der Waals surface area contributed by atoms with Gasteiger partial charge in [-0.3, -0.25) is 4.79 Å². The van der Waals surface area contributed by atoms with E-state index in [9.17, 15) is 4.79 Å². The first-order valence-electron chi connectivity index (χ1n) is 11.0. The quantitative estimate of drug-likeness (QED) is 0.428. The number of nitrogens with zero attached hydrogens (tertiary/aromatic N) is 4. The molecular formula is C25H29N5O2. The number of ether oxygens (including phenoxy) is 1. The molecule has 0 aliphatic heterocycles. The molecule has 32 heavy (non-hydrogen) atoms. The molecule has 0 spiro atoms. The van der Waals surface area contributed by atoms with Crippen LogP contribution in [0.5, 0.6) is 5.75 Å². The molecule has 7 nitrogen and oxygen atoms in total. The van der Waals surface area contributed by atoms with E-state index >= 15 is 0 Å². The van der Waals surface area contributed by atoms with Crippen LogP contribution in [0.3, 0.4) is 0 Å². The molecule has 0 saturated heterocycles. The highest BCUT2D eigenvalue weighted by Gasteiger charge is 2.16. The van der Waals surface area contributed by atoms with E-state index < -0.39 is 0 Å². The monoisotopic (exact) mass is 431 g/mol. The second-order valence-corrected chi connectivity index (χ2v) is 7.87. The number of nitrogens with one attached hydrogen (secondary N) is 1. The van der Waals surface area contributed by atoms with E-state index in [-0.39, 0.29) is 5.91 Å². The van der Waals surface area contributed by atoms with Crippen molar-refractivity contribution in [3.05, 3.63) is 71.7 Å². The summed E-state index contributed by atoms with van der Waals surface area (Å²) in [5.74, 6) is 1.74. The van der Waals surface area contributed by atoms with Crippen LogP contribution in [0.4, 0.5) is 0 Å². The number of benzene rings is 1. The molecule has 0 fully saturated rings. The molecule has 3 heterocycles. The Morgan fingerprint density at radius 3 is 2.59 bits per heavy atom. The Bertz CT molecular complexity index is 1190. The summed E-state index contributed by atoms with van der Waals surface area (Å²) in [6.45, 7) is 7.82. The zero-order valence-electron chi connectivity index (χ0n) is 18.8. The number of aryl methyl sites for hydroxylation is 3. The van der Waals surface area contributed by atoms with Crippen molar-refractivity contribution in [1.29, 1.82) is 0 Å². The normalized spacial score (nSPS) is 11.1. The van der Waals surface area contributed by atoms with E-state index in [1.165, 1.54) is 0 Å². The third kappa shape index (κ3) is 4.82. The van der Waals surface area contributed by atoms with Crippen molar-refractivity contribution in [2.45, 2.75) is 46.7 Å². The highest BCUT2D eigenvalue weighted by Crippen LogP contribution is 2.25.